The first-order valence-electron chi connectivity index (χ1n) is 10.9. The Morgan fingerprint density at radius 1 is 1.19 bits per heavy atom. The monoisotopic (exact) mass is 557 g/mol. The molecule has 1 aromatic carbocycles. The number of methoxy groups -OCH3 is 1. The molecule has 0 atom stereocenters. The summed E-state index contributed by atoms with van der Waals surface area (Å²) in [6, 6.07) is 10.2. The number of nitrogens with zero attached hydrogens (tertiary/aromatic N) is 1. The topological polar surface area (TPSA) is 77.3 Å². The third kappa shape index (κ3) is 7.38. The van der Waals surface area contributed by atoms with E-state index < -0.39 is 0 Å². The molecule has 1 aliphatic heterocycles. The van der Waals surface area contributed by atoms with E-state index in [0.717, 1.165) is 63.0 Å². The number of aryl methyl sites for hydroxylation is 1. The lowest BCUT2D eigenvalue weighted by Gasteiger charge is -2.39. The van der Waals surface area contributed by atoms with E-state index in [0.29, 0.717) is 13.2 Å². The van der Waals surface area contributed by atoms with E-state index in [4.69, 9.17) is 18.6 Å². The van der Waals surface area contributed by atoms with Gasteiger partial charge in [-0.2, -0.15) is 0 Å². The van der Waals surface area contributed by atoms with Crippen LogP contribution in [-0.4, -0.2) is 53.0 Å². The Labute approximate surface area is 208 Å². The third-order valence-electron chi connectivity index (χ3n) is 5.78. The highest BCUT2D eigenvalue weighted by Gasteiger charge is 2.37. The van der Waals surface area contributed by atoms with E-state index in [-0.39, 0.29) is 29.4 Å². The fourth-order valence-electron chi connectivity index (χ4n) is 3.96. The van der Waals surface area contributed by atoms with Crippen molar-refractivity contribution in [3.05, 3.63) is 53.5 Å². The van der Waals surface area contributed by atoms with Crippen LogP contribution >= 0.6 is 24.0 Å². The average Bonchev–Trinajstić information content (AvgIpc) is 3.32. The van der Waals surface area contributed by atoms with Gasteiger partial charge in [-0.3, -0.25) is 4.99 Å². The predicted octanol–water partition coefficient (Wildman–Crippen LogP) is 4.03. The minimum atomic E-state index is -0.0562. The summed E-state index contributed by atoms with van der Waals surface area (Å²) >= 11 is 0. The highest BCUT2D eigenvalue weighted by molar-refractivity contribution is 14.0. The van der Waals surface area contributed by atoms with Gasteiger partial charge in [-0.15, -0.1) is 24.0 Å². The lowest BCUT2D eigenvalue weighted by Crippen LogP contribution is -2.48. The number of hydrogen-bond acceptors (Lipinski definition) is 5. The minimum absolute atomic E-state index is 0. The van der Waals surface area contributed by atoms with Crippen LogP contribution in [0.2, 0.25) is 0 Å². The highest BCUT2D eigenvalue weighted by atomic mass is 127. The van der Waals surface area contributed by atoms with Crippen molar-refractivity contribution in [3.8, 4) is 5.75 Å². The number of ether oxygens (including phenoxy) is 3. The van der Waals surface area contributed by atoms with Gasteiger partial charge in [0, 0.05) is 50.9 Å². The van der Waals surface area contributed by atoms with E-state index in [9.17, 15) is 0 Å². The largest absolute Gasteiger partial charge is 0.496 e. The highest BCUT2D eigenvalue weighted by Crippen LogP contribution is 2.40. The van der Waals surface area contributed by atoms with Crippen LogP contribution in [0.4, 0.5) is 0 Å². The maximum atomic E-state index is 5.71. The summed E-state index contributed by atoms with van der Waals surface area (Å²) in [5.74, 6) is 2.58. The van der Waals surface area contributed by atoms with E-state index >= 15 is 0 Å². The Hall–Kier alpha value is -1.78. The van der Waals surface area contributed by atoms with Crippen LogP contribution < -0.4 is 15.4 Å². The number of aliphatic imine (C=N–C) groups is 1. The molecule has 178 valence electrons. The van der Waals surface area contributed by atoms with Gasteiger partial charge in [0.05, 0.1) is 13.4 Å². The van der Waals surface area contributed by atoms with Crippen LogP contribution in [0, 0.1) is 6.92 Å². The molecule has 0 radical (unpaired) electrons. The van der Waals surface area contributed by atoms with Crippen molar-refractivity contribution in [2.45, 2.75) is 38.2 Å². The molecule has 0 saturated carbocycles. The zero-order valence-electron chi connectivity index (χ0n) is 19.3. The van der Waals surface area contributed by atoms with Crippen molar-refractivity contribution in [1.82, 2.24) is 10.6 Å². The number of rotatable bonds is 10. The Morgan fingerprint density at radius 2 is 2.00 bits per heavy atom. The van der Waals surface area contributed by atoms with Crippen molar-refractivity contribution in [1.29, 1.82) is 0 Å². The quantitative estimate of drug-likeness (QED) is 0.199. The molecule has 2 heterocycles. The van der Waals surface area contributed by atoms with Gasteiger partial charge in [-0.25, -0.2) is 0 Å². The number of nitrogens with one attached hydrogen (secondary N) is 2. The number of benzene rings is 1. The average molecular weight is 557 g/mol. The van der Waals surface area contributed by atoms with Gasteiger partial charge >= 0.3 is 0 Å². The molecule has 2 N–H and O–H groups in total. The molecular formula is C24H36IN3O4. The van der Waals surface area contributed by atoms with Gasteiger partial charge in [0.1, 0.15) is 18.1 Å². The molecule has 0 unspecified atom stereocenters. The molecule has 32 heavy (non-hydrogen) atoms. The molecule has 0 amide bonds. The van der Waals surface area contributed by atoms with Gasteiger partial charge < -0.3 is 29.3 Å². The minimum Gasteiger partial charge on any atom is -0.496 e. The number of guanidine groups is 1. The first kappa shape index (κ1) is 26.5. The van der Waals surface area contributed by atoms with Gasteiger partial charge in [0.25, 0.3) is 0 Å². The van der Waals surface area contributed by atoms with Crippen molar-refractivity contribution >= 4 is 29.9 Å². The fraction of sp³-hybridized carbons (Fsp3) is 0.542. The van der Waals surface area contributed by atoms with Crippen LogP contribution in [0.3, 0.4) is 0 Å². The second-order valence-electron chi connectivity index (χ2n) is 7.93. The summed E-state index contributed by atoms with van der Waals surface area (Å²) in [5.41, 5.74) is 2.42. The van der Waals surface area contributed by atoms with E-state index in [1.54, 1.807) is 20.4 Å². The van der Waals surface area contributed by atoms with E-state index in [1.807, 2.05) is 12.1 Å². The third-order valence-corrected chi connectivity index (χ3v) is 5.78. The van der Waals surface area contributed by atoms with Gasteiger partial charge in [-0.1, -0.05) is 17.7 Å². The summed E-state index contributed by atoms with van der Waals surface area (Å²) in [6.45, 7) is 6.33. The van der Waals surface area contributed by atoms with Crippen molar-refractivity contribution in [2.24, 2.45) is 4.99 Å². The van der Waals surface area contributed by atoms with Crippen LogP contribution in [-0.2, 0) is 21.5 Å². The van der Waals surface area contributed by atoms with Crippen LogP contribution in [0.5, 0.6) is 5.75 Å². The molecule has 2 aromatic rings. The number of hydrogen-bond donors (Lipinski definition) is 2. The number of furan rings is 1. The van der Waals surface area contributed by atoms with Crippen LogP contribution in [0.15, 0.2) is 46.0 Å². The van der Waals surface area contributed by atoms with Gasteiger partial charge in [-0.05, 0) is 44.4 Å². The maximum absolute atomic E-state index is 5.71. The van der Waals surface area contributed by atoms with Crippen molar-refractivity contribution < 1.29 is 18.6 Å². The Kier molecular flexibility index (Phi) is 11.3. The molecule has 0 aliphatic carbocycles. The zero-order chi connectivity index (χ0) is 21.9. The summed E-state index contributed by atoms with van der Waals surface area (Å²) < 4.78 is 22.3. The molecule has 7 nitrogen and oxygen atoms in total. The summed E-state index contributed by atoms with van der Waals surface area (Å²) in [4.78, 5) is 4.39. The van der Waals surface area contributed by atoms with Gasteiger partial charge in [0.15, 0.2) is 5.96 Å². The summed E-state index contributed by atoms with van der Waals surface area (Å²) in [7, 11) is 3.54. The first-order valence-corrected chi connectivity index (χ1v) is 10.9. The van der Waals surface area contributed by atoms with E-state index in [2.05, 4.69) is 40.7 Å². The molecule has 0 spiro atoms. The smallest absolute Gasteiger partial charge is 0.191 e. The molecule has 1 saturated heterocycles. The van der Waals surface area contributed by atoms with Gasteiger partial charge in [0.2, 0.25) is 0 Å². The molecule has 0 bridgehead atoms. The zero-order valence-corrected chi connectivity index (χ0v) is 21.6. The second-order valence-corrected chi connectivity index (χ2v) is 7.93. The normalized spacial score (nSPS) is 15.7. The lowest BCUT2D eigenvalue weighted by molar-refractivity contribution is 0.0505. The Balaban J connectivity index is 0.00000363. The molecule has 1 aromatic heterocycles. The molecule has 1 aliphatic rings. The van der Waals surface area contributed by atoms with Crippen molar-refractivity contribution in [3.63, 3.8) is 0 Å². The van der Waals surface area contributed by atoms with Crippen molar-refractivity contribution in [2.75, 3.05) is 47.1 Å². The predicted molar refractivity (Wildman–Crippen MR) is 137 cm³/mol. The first-order chi connectivity index (χ1) is 15.2. The standard InChI is InChI=1S/C24H35N3O4.HI/c1-19-7-8-22(28-3)21(16-19)24(9-14-29-15-10-24)18-27-23(25-2)26-11-5-12-30-17-20-6-4-13-31-20;/h4,6-8,13,16H,5,9-12,14-15,17-18H2,1-3H3,(H2,25,26,27);1H. The fourth-order valence-corrected chi connectivity index (χ4v) is 3.96. The summed E-state index contributed by atoms with van der Waals surface area (Å²) in [6.07, 6.45) is 4.43. The van der Waals surface area contributed by atoms with Crippen LogP contribution in [0.1, 0.15) is 36.1 Å². The Bertz CT molecular complexity index is 821. The molecule has 8 heteroatoms. The van der Waals surface area contributed by atoms with E-state index in [1.165, 1.54) is 11.1 Å². The SMILES string of the molecule is CN=C(NCCCOCc1ccco1)NCC1(c2cc(C)ccc2OC)CCOCC1.I. The van der Waals surface area contributed by atoms with Crippen LogP contribution in [0.25, 0.3) is 0 Å². The lowest BCUT2D eigenvalue weighted by atomic mass is 9.73. The molecule has 1 fully saturated rings. The molecule has 3 rings (SSSR count). The maximum Gasteiger partial charge on any atom is 0.191 e. The molecular weight excluding hydrogens is 521 g/mol. The Morgan fingerprint density at radius 3 is 2.69 bits per heavy atom. The summed E-state index contributed by atoms with van der Waals surface area (Å²) in [5, 5.41) is 6.92. The second kappa shape index (κ2) is 13.7. The number of halogens is 1.